The van der Waals surface area contributed by atoms with Gasteiger partial charge in [-0.15, -0.1) is 0 Å². The maximum Gasteiger partial charge on any atom is 0.326 e. The largest absolute Gasteiger partial charge is 0.468 e. The molecule has 1 aliphatic heterocycles. The van der Waals surface area contributed by atoms with Crippen molar-refractivity contribution in [2.24, 2.45) is 11.8 Å². The Morgan fingerprint density at radius 1 is 1.39 bits per heavy atom. The molecule has 1 fully saturated rings. The zero-order chi connectivity index (χ0) is 13.8. The Labute approximate surface area is 110 Å². The molecule has 0 aromatic heterocycles. The molecule has 1 unspecified atom stereocenters. The van der Waals surface area contributed by atoms with E-state index in [0.29, 0.717) is 6.54 Å². The SMILES string of the molecule is COC(=O)C(NCC1CCCO1)(C(C)C)C(C)C. The van der Waals surface area contributed by atoms with Crippen LogP contribution in [0.2, 0.25) is 0 Å². The number of rotatable bonds is 6. The summed E-state index contributed by atoms with van der Waals surface area (Å²) in [7, 11) is 1.45. The molecule has 0 bridgehead atoms. The third kappa shape index (κ3) is 3.04. The lowest BCUT2D eigenvalue weighted by atomic mass is 9.76. The molecule has 1 N–H and O–H groups in total. The van der Waals surface area contributed by atoms with Crippen LogP contribution >= 0.6 is 0 Å². The van der Waals surface area contributed by atoms with Gasteiger partial charge in [0.15, 0.2) is 0 Å². The zero-order valence-corrected chi connectivity index (χ0v) is 12.3. The number of hydrogen-bond donors (Lipinski definition) is 1. The van der Waals surface area contributed by atoms with Gasteiger partial charge in [0.05, 0.1) is 13.2 Å². The number of esters is 1. The molecule has 1 atom stereocenters. The van der Waals surface area contributed by atoms with Crippen LogP contribution in [0.1, 0.15) is 40.5 Å². The van der Waals surface area contributed by atoms with Gasteiger partial charge in [-0.2, -0.15) is 0 Å². The van der Waals surface area contributed by atoms with Gasteiger partial charge in [-0.25, -0.2) is 0 Å². The predicted octanol–water partition coefficient (Wildman–Crippen LogP) is 1.98. The van der Waals surface area contributed by atoms with Gasteiger partial charge in [0.1, 0.15) is 5.54 Å². The van der Waals surface area contributed by atoms with E-state index in [2.05, 4.69) is 33.0 Å². The summed E-state index contributed by atoms with van der Waals surface area (Å²) in [5.74, 6) is 0.170. The Hall–Kier alpha value is -0.610. The molecule has 0 aromatic carbocycles. The molecule has 0 aromatic rings. The summed E-state index contributed by atoms with van der Waals surface area (Å²) >= 11 is 0. The summed E-state index contributed by atoms with van der Waals surface area (Å²) in [4.78, 5) is 12.2. The van der Waals surface area contributed by atoms with Crippen molar-refractivity contribution < 1.29 is 14.3 Å². The summed E-state index contributed by atoms with van der Waals surface area (Å²) in [5.41, 5.74) is -0.624. The highest BCUT2D eigenvalue weighted by atomic mass is 16.5. The van der Waals surface area contributed by atoms with Crippen molar-refractivity contribution in [1.29, 1.82) is 0 Å². The van der Waals surface area contributed by atoms with Gasteiger partial charge in [0.25, 0.3) is 0 Å². The van der Waals surface area contributed by atoms with Crippen molar-refractivity contribution in [3.8, 4) is 0 Å². The summed E-state index contributed by atoms with van der Waals surface area (Å²) in [5, 5.41) is 3.43. The predicted molar refractivity (Wildman–Crippen MR) is 71.4 cm³/mol. The number of methoxy groups -OCH3 is 1. The Kier molecular flexibility index (Phi) is 5.60. The van der Waals surface area contributed by atoms with E-state index >= 15 is 0 Å². The molecule has 1 rings (SSSR count). The van der Waals surface area contributed by atoms with Crippen molar-refractivity contribution in [3.05, 3.63) is 0 Å². The molecule has 1 saturated heterocycles. The van der Waals surface area contributed by atoms with Crippen LogP contribution in [0.15, 0.2) is 0 Å². The third-order valence-corrected chi connectivity index (χ3v) is 3.99. The molecule has 4 nitrogen and oxygen atoms in total. The van der Waals surface area contributed by atoms with Crippen molar-refractivity contribution >= 4 is 5.97 Å². The van der Waals surface area contributed by atoms with Crippen LogP contribution < -0.4 is 5.32 Å². The van der Waals surface area contributed by atoms with E-state index < -0.39 is 5.54 Å². The van der Waals surface area contributed by atoms with Gasteiger partial charge in [-0.3, -0.25) is 10.1 Å². The summed E-state index contributed by atoms with van der Waals surface area (Å²) in [6.07, 6.45) is 2.41. The van der Waals surface area contributed by atoms with Gasteiger partial charge in [-0.1, -0.05) is 27.7 Å². The molecule has 1 heterocycles. The van der Waals surface area contributed by atoms with Gasteiger partial charge >= 0.3 is 5.97 Å². The lowest BCUT2D eigenvalue weighted by Gasteiger charge is -2.40. The van der Waals surface area contributed by atoms with E-state index in [1.807, 2.05) is 0 Å². The van der Waals surface area contributed by atoms with Crippen LogP contribution in [-0.2, 0) is 14.3 Å². The minimum Gasteiger partial charge on any atom is -0.468 e. The van der Waals surface area contributed by atoms with Crippen LogP contribution in [-0.4, -0.2) is 37.9 Å². The first-order valence-corrected chi connectivity index (χ1v) is 6.90. The standard InChI is InChI=1S/C14H27NO3/c1-10(2)14(11(3)4,13(16)17-5)15-9-12-7-6-8-18-12/h10-12,15H,6-9H2,1-5H3. The fourth-order valence-electron chi connectivity index (χ4n) is 2.88. The molecule has 0 saturated carbocycles. The monoisotopic (exact) mass is 257 g/mol. The van der Waals surface area contributed by atoms with Crippen molar-refractivity contribution in [2.45, 2.75) is 52.2 Å². The number of carbonyl (C=O) groups is 1. The normalized spacial score (nSPS) is 20.7. The number of ether oxygens (including phenoxy) is 2. The van der Waals surface area contributed by atoms with E-state index in [4.69, 9.17) is 9.47 Å². The molecule has 0 radical (unpaired) electrons. The first-order chi connectivity index (χ1) is 8.45. The van der Waals surface area contributed by atoms with Crippen LogP contribution in [0.4, 0.5) is 0 Å². The van der Waals surface area contributed by atoms with Gasteiger partial charge in [0, 0.05) is 13.2 Å². The summed E-state index contributed by atoms with van der Waals surface area (Å²) < 4.78 is 10.6. The Morgan fingerprint density at radius 3 is 2.39 bits per heavy atom. The lowest BCUT2D eigenvalue weighted by Crippen LogP contribution is -2.61. The fraction of sp³-hybridized carbons (Fsp3) is 0.929. The number of hydrogen-bond acceptors (Lipinski definition) is 4. The summed E-state index contributed by atoms with van der Waals surface area (Å²) in [6.45, 7) is 9.77. The average Bonchev–Trinajstić information content (AvgIpc) is 2.81. The van der Waals surface area contributed by atoms with Crippen LogP contribution in [0.25, 0.3) is 0 Å². The Balaban J connectivity index is 2.77. The molecule has 0 amide bonds. The summed E-state index contributed by atoms with van der Waals surface area (Å²) in [6, 6.07) is 0. The molecular formula is C14H27NO3. The lowest BCUT2D eigenvalue weighted by molar-refractivity contribution is -0.153. The maximum absolute atomic E-state index is 12.2. The minimum atomic E-state index is -0.624. The smallest absolute Gasteiger partial charge is 0.326 e. The number of carbonyl (C=O) groups excluding carboxylic acids is 1. The fourth-order valence-corrected chi connectivity index (χ4v) is 2.88. The van der Waals surface area contributed by atoms with E-state index in [9.17, 15) is 4.79 Å². The van der Waals surface area contributed by atoms with E-state index in [1.54, 1.807) is 0 Å². The van der Waals surface area contributed by atoms with Crippen LogP contribution in [0, 0.1) is 11.8 Å². The topological polar surface area (TPSA) is 47.6 Å². The molecule has 0 spiro atoms. The highest BCUT2D eigenvalue weighted by molar-refractivity contribution is 5.81. The van der Waals surface area contributed by atoms with Crippen LogP contribution in [0.3, 0.4) is 0 Å². The Bertz CT molecular complexity index is 262. The second kappa shape index (κ2) is 6.53. The van der Waals surface area contributed by atoms with Crippen molar-refractivity contribution in [1.82, 2.24) is 5.32 Å². The quantitative estimate of drug-likeness (QED) is 0.739. The van der Waals surface area contributed by atoms with E-state index in [1.165, 1.54) is 7.11 Å². The molecule has 4 heteroatoms. The molecule has 0 aliphatic carbocycles. The molecular weight excluding hydrogens is 230 g/mol. The van der Waals surface area contributed by atoms with Crippen molar-refractivity contribution in [3.63, 3.8) is 0 Å². The second-order valence-corrected chi connectivity index (χ2v) is 5.69. The highest BCUT2D eigenvalue weighted by Crippen LogP contribution is 2.28. The van der Waals surface area contributed by atoms with Crippen LogP contribution in [0.5, 0.6) is 0 Å². The van der Waals surface area contributed by atoms with E-state index in [-0.39, 0.29) is 23.9 Å². The highest BCUT2D eigenvalue weighted by Gasteiger charge is 2.45. The van der Waals surface area contributed by atoms with Crippen molar-refractivity contribution in [2.75, 3.05) is 20.3 Å². The second-order valence-electron chi connectivity index (χ2n) is 5.69. The maximum atomic E-state index is 12.2. The average molecular weight is 257 g/mol. The third-order valence-electron chi connectivity index (χ3n) is 3.99. The van der Waals surface area contributed by atoms with Gasteiger partial charge in [-0.05, 0) is 24.7 Å². The zero-order valence-electron chi connectivity index (χ0n) is 12.3. The minimum absolute atomic E-state index is 0.173. The first kappa shape index (κ1) is 15.4. The van der Waals surface area contributed by atoms with E-state index in [0.717, 1.165) is 19.4 Å². The number of nitrogens with one attached hydrogen (secondary N) is 1. The first-order valence-electron chi connectivity index (χ1n) is 6.90. The molecule has 106 valence electrons. The molecule has 18 heavy (non-hydrogen) atoms. The Morgan fingerprint density at radius 2 is 2.00 bits per heavy atom. The van der Waals surface area contributed by atoms with Gasteiger partial charge in [0.2, 0.25) is 0 Å². The van der Waals surface area contributed by atoms with Gasteiger partial charge < -0.3 is 9.47 Å². The molecule has 1 aliphatic rings.